The maximum Gasteiger partial charge on any atom is 0.210 e. The lowest BCUT2D eigenvalue weighted by atomic mass is 9.86. The Morgan fingerprint density at radius 2 is 1.71 bits per heavy atom. The van der Waals surface area contributed by atoms with Gasteiger partial charge in [0, 0.05) is 6.54 Å². The number of hydrogen-bond donors (Lipinski definition) is 0. The normalized spacial score (nSPS) is 15.9. The van der Waals surface area contributed by atoms with Crippen LogP contribution < -0.4 is 4.74 Å². The Kier molecular flexibility index (Phi) is 5.19. The number of carbonyl (C=O) groups excluding carboxylic acids is 1. The molecule has 2 aromatic rings. The molecular formula is C21H25NO2. The first-order valence-corrected chi connectivity index (χ1v) is 8.69. The predicted molar refractivity (Wildman–Crippen MR) is 96.1 cm³/mol. The first kappa shape index (κ1) is 16.6. The van der Waals surface area contributed by atoms with Crippen LogP contribution in [0.4, 0.5) is 0 Å². The second-order valence-electron chi connectivity index (χ2n) is 6.50. The van der Waals surface area contributed by atoms with Crippen LogP contribution in [0.1, 0.15) is 36.8 Å². The van der Waals surface area contributed by atoms with Crippen LogP contribution in [-0.4, -0.2) is 25.0 Å². The summed E-state index contributed by atoms with van der Waals surface area (Å²) in [5, 5.41) is 0. The van der Waals surface area contributed by atoms with E-state index in [0.717, 1.165) is 38.0 Å². The molecule has 0 bridgehead atoms. The molecule has 0 aromatic heterocycles. The van der Waals surface area contributed by atoms with Gasteiger partial charge in [0.15, 0.2) is 0 Å². The molecule has 1 aliphatic carbocycles. The number of amides is 1. The van der Waals surface area contributed by atoms with E-state index in [1.165, 1.54) is 24.0 Å². The zero-order chi connectivity index (χ0) is 16.8. The van der Waals surface area contributed by atoms with Gasteiger partial charge in [0.05, 0.1) is 12.6 Å². The summed E-state index contributed by atoms with van der Waals surface area (Å²) in [6.45, 7) is 0.741. The molecule has 0 aliphatic heterocycles. The van der Waals surface area contributed by atoms with E-state index in [9.17, 15) is 4.79 Å². The monoisotopic (exact) mass is 323 g/mol. The van der Waals surface area contributed by atoms with E-state index in [4.69, 9.17) is 4.74 Å². The van der Waals surface area contributed by atoms with Crippen molar-refractivity contribution >= 4 is 6.41 Å². The van der Waals surface area contributed by atoms with E-state index < -0.39 is 0 Å². The molecule has 0 saturated heterocycles. The highest BCUT2D eigenvalue weighted by atomic mass is 16.5. The molecule has 3 rings (SSSR count). The van der Waals surface area contributed by atoms with Gasteiger partial charge in [-0.25, -0.2) is 0 Å². The lowest BCUT2D eigenvalue weighted by molar-refractivity contribution is -0.124. The Balaban J connectivity index is 1.77. The smallest absolute Gasteiger partial charge is 0.210 e. The average molecular weight is 323 g/mol. The van der Waals surface area contributed by atoms with Gasteiger partial charge < -0.3 is 9.64 Å². The van der Waals surface area contributed by atoms with Gasteiger partial charge in [0.25, 0.3) is 0 Å². The van der Waals surface area contributed by atoms with Crippen molar-refractivity contribution in [3.8, 4) is 5.75 Å². The molecule has 0 radical (unpaired) electrons. The number of rotatable bonds is 7. The van der Waals surface area contributed by atoms with Crippen molar-refractivity contribution in [3.63, 3.8) is 0 Å². The second kappa shape index (κ2) is 7.52. The minimum absolute atomic E-state index is 0.129. The summed E-state index contributed by atoms with van der Waals surface area (Å²) in [6, 6.07) is 18.6. The number of methoxy groups -OCH3 is 1. The van der Waals surface area contributed by atoms with Crippen LogP contribution in [-0.2, 0) is 16.8 Å². The Labute approximate surface area is 144 Å². The summed E-state index contributed by atoms with van der Waals surface area (Å²) in [5.41, 5.74) is 2.36. The maximum atomic E-state index is 11.9. The van der Waals surface area contributed by atoms with Crippen LogP contribution >= 0.6 is 0 Å². The third-order valence-electron chi connectivity index (χ3n) is 5.22. The van der Waals surface area contributed by atoms with Crippen LogP contribution in [0.5, 0.6) is 5.75 Å². The predicted octanol–water partition coefficient (Wildman–Crippen LogP) is 4.17. The number of benzene rings is 2. The fraction of sp³-hybridized carbons (Fsp3) is 0.381. The molecule has 0 atom stereocenters. The fourth-order valence-electron chi connectivity index (χ4n) is 3.86. The summed E-state index contributed by atoms with van der Waals surface area (Å²) in [7, 11) is 1.67. The summed E-state index contributed by atoms with van der Waals surface area (Å²) < 4.78 is 5.20. The molecule has 1 aliphatic rings. The largest absolute Gasteiger partial charge is 0.497 e. The Morgan fingerprint density at radius 1 is 1.04 bits per heavy atom. The van der Waals surface area contributed by atoms with E-state index in [1.54, 1.807) is 7.11 Å². The van der Waals surface area contributed by atoms with Gasteiger partial charge in [0.2, 0.25) is 6.41 Å². The molecule has 0 unspecified atom stereocenters. The van der Waals surface area contributed by atoms with Gasteiger partial charge in [-0.3, -0.25) is 4.79 Å². The van der Waals surface area contributed by atoms with Crippen molar-refractivity contribution in [2.45, 2.75) is 37.6 Å². The van der Waals surface area contributed by atoms with Crippen LogP contribution in [0.3, 0.4) is 0 Å². The number of hydrogen-bond acceptors (Lipinski definition) is 2. The second-order valence-corrected chi connectivity index (χ2v) is 6.50. The van der Waals surface area contributed by atoms with E-state index in [1.807, 2.05) is 23.1 Å². The van der Waals surface area contributed by atoms with E-state index >= 15 is 0 Å². The zero-order valence-electron chi connectivity index (χ0n) is 14.3. The van der Waals surface area contributed by atoms with Gasteiger partial charge in [-0.05, 0) is 42.5 Å². The van der Waals surface area contributed by atoms with Crippen molar-refractivity contribution in [1.29, 1.82) is 0 Å². The summed E-state index contributed by atoms with van der Waals surface area (Å²) >= 11 is 0. The third kappa shape index (κ3) is 3.30. The van der Waals surface area contributed by atoms with E-state index in [0.29, 0.717) is 0 Å². The topological polar surface area (TPSA) is 29.5 Å². The quantitative estimate of drug-likeness (QED) is 0.716. The zero-order valence-corrected chi connectivity index (χ0v) is 14.3. The minimum atomic E-state index is -0.129. The Bertz CT molecular complexity index is 645. The maximum absolute atomic E-state index is 11.9. The number of carbonyl (C=O) groups is 1. The lowest BCUT2D eigenvalue weighted by Gasteiger charge is -2.39. The first-order chi connectivity index (χ1) is 11.8. The van der Waals surface area contributed by atoms with Crippen LogP contribution in [0.15, 0.2) is 54.6 Å². The molecule has 1 amide bonds. The molecular weight excluding hydrogens is 298 g/mol. The van der Waals surface area contributed by atoms with Gasteiger partial charge in [0.1, 0.15) is 5.75 Å². The molecule has 1 saturated carbocycles. The molecule has 3 heteroatoms. The van der Waals surface area contributed by atoms with Crippen molar-refractivity contribution in [2.75, 3.05) is 13.7 Å². The van der Waals surface area contributed by atoms with Gasteiger partial charge in [-0.2, -0.15) is 0 Å². The fourth-order valence-corrected chi connectivity index (χ4v) is 3.86. The van der Waals surface area contributed by atoms with Crippen molar-refractivity contribution in [1.82, 2.24) is 4.90 Å². The summed E-state index contributed by atoms with van der Waals surface area (Å²) in [6.07, 6.45) is 6.37. The highest BCUT2D eigenvalue weighted by Gasteiger charge is 2.40. The molecule has 1 fully saturated rings. The SMILES string of the molecule is COc1ccc(CCN(C=O)C2(c3ccccc3)CCCC2)cc1. The van der Waals surface area contributed by atoms with E-state index in [2.05, 4.69) is 36.4 Å². The lowest BCUT2D eigenvalue weighted by Crippen LogP contribution is -2.44. The Hall–Kier alpha value is -2.29. The molecule has 0 N–H and O–H groups in total. The molecule has 126 valence electrons. The van der Waals surface area contributed by atoms with Gasteiger partial charge >= 0.3 is 0 Å². The average Bonchev–Trinajstić information content (AvgIpc) is 3.14. The van der Waals surface area contributed by atoms with Crippen molar-refractivity contribution in [3.05, 3.63) is 65.7 Å². The summed E-state index contributed by atoms with van der Waals surface area (Å²) in [4.78, 5) is 13.9. The standard InChI is InChI=1S/C21H25NO2/c1-24-20-11-9-18(10-12-20)13-16-22(17-23)21(14-5-6-15-21)19-7-3-2-4-8-19/h2-4,7-12,17H,5-6,13-16H2,1H3. The van der Waals surface area contributed by atoms with Crippen molar-refractivity contribution < 1.29 is 9.53 Å². The Morgan fingerprint density at radius 3 is 2.29 bits per heavy atom. The molecule has 24 heavy (non-hydrogen) atoms. The number of nitrogens with zero attached hydrogens (tertiary/aromatic N) is 1. The van der Waals surface area contributed by atoms with Gasteiger partial charge in [-0.15, -0.1) is 0 Å². The van der Waals surface area contributed by atoms with Crippen LogP contribution in [0, 0.1) is 0 Å². The van der Waals surface area contributed by atoms with Gasteiger partial charge in [-0.1, -0.05) is 55.3 Å². The molecule has 2 aromatic carbocycles. The number of ether oxygens (including phenoxy) is 1. The first-order valence-electron chi connectivity index (χ1n) is 8.69. The highest BCUT2D eigenvalue weighted by molar-refractivity contribution is 5.51. The van der Waals surface area contributed by atoms with Crippen LogP contribution in [0.2, 0.25) is 0 Å². The van der Waals surface area contributed by atoms with E-state index in [-0.39, 0.29) is 5.54 Å². The molecule has 3 nitrogen and oxygen atoms in total. The molecule has 0 heterocycles. The highest BCUT2D eigenvalue weighted by Crippen LogP contribution is 2.43. The van der Waals surface area contributed by atoms with Crippen LogP contribution in [0.25, 0.3) is 0 Å². The van der Waals surface area contributed by atoms with Crippen molar-refractivity contribution in [2.24, 2.45) is 0 Å². The molecule has 0 spiro atoms. The minimum Gasteiger partial charge on any atom is -0.497 e. The third-order valence-corrected chi connectivity index (χ3v) is 5.22. The summed E-state index contributed by atoms with van der Waals surface area (Å²) in [5.74, 6) is 0.863.